The summed E-state index contributed by atoms with van der Waals surface area (Å²) in [5.41, 5.74) is 0.453. The number of hydrogen-bond donors (Lipinski definition) is 2. The smallest absolute Gasteiger partial charge is 0.407 e. The van der Waals surface area contributed by atoms with E-state index in [4.69, 9.17) is 9.47 Å². The summed E-state index contributed by atoms with van der Waals surface area (Å²) in [4.78, 5) is 30.4. The molecular formula is C23H31N3O5S. The van der Waals surface area contributed by atoms with Crippen LogP contribution in [0.1, 0.15) is 44.9 Å². The minimum Gasteiger partial charge on any atom is -0.494 e. The van der Waals surface area contributed by atoms with Crippen LogP contribution in [0.25, 0.3) is 10.6 Å². The first-order valence-electron chi connectivity index (χ1n) is 10.8. The molecule has 1 aliphatic heterocycles. The van der Waals surface area contributed by atoms with Gasteiger partial charge in [0.1, 0.15) is 22.4 Å². The Morgan fingerprint density at radius 3 is 2.72 bits per heavy atom. The molecule has 9 heteroatoms. The van der Waals surface area contributed by atoms with Crippen molar-refractivity contribution >= 4 is 23.4 Å². The summed E-state index contributed by atoms with van der Waals surface area (Å²) in [6.45, 7) is 7.96. The highest BCUT2D eigenvalue weighted by molar-refractivity contribution is 7.15. The first kappa shape index (κ1) is 24.0. The Balaban J connectivity index is 1.42. The molecule has 174 valence electrons. The van der Waals surface area contributed by atoms with Gasteiger partial charge in [-0.05, 0) is 70.8 Å². The van der Waals surface area contributed by atoms with E-state index in [9.17, 15) is 14.7 Å². The first-order chi connectivity index (χ1) is 15.2. The highest BCUT2D eigenvalue weighted by Gasteiger charge is 2.29. The minimum atomic E-state index is -0.732. The van der Waals surface area contributed by atoms with Crippen molar-refractivity contribution < 1.29 is 24.2 Å². The van der Waals surface area contributed by atoms with Crippen LogP contribution in [-0.2, 0) is 16.1 Å². The topological polar surface area (TPSA) is 101 Å². The van der Waals surface area contributed by atoms with Gasteiger partial charge in [-0.2, -0.15) is 0 Å². The van der Waals surface area contributed by atoms with Gasteiger partial charge in [0.05, 0.1) is 13.2 Å². The number of aromatic nitrogens is 1. The third-order valence-electron chi connectivity index (χ3n) is 4.97. The molecular weight excluding hydrogens is 430 g/mol. The van der Waals surface area contributed by atoms with Gasteiger partial charge in [-0.1, -0.05) is 0 Å². The Hall–Kier alpha value is -2.65. The summed E-state index contributed by atoms with van der Waals surface area (Å²) in [6, 6.07) is 7.38. The standard InChI is InChI=1S/C23H31N3O5S/c1-23(2,3)31-22(29)25-15-18-14-24-20(32-18)16-7-9-17(10-8-16)30-13-5-12-26-11-4-6-19(26)21(27)28/h7-10,14,19H,4-6,11-13,15H2,1-3H3,(H,25,29)(H,27,28)/t19-/m0/s1. The second-order valence-electron chi connectivity index (χ2n) is 8.75. The lowest BCUT2D eigenvalue weighted by Crippen LogP contribution is -2.36. The third kappa shape index (κ3) is 7.20. The highest BCUT2D eigenvalue weighted by atomic mass is 32.1. The van der Waals surface area contributed by atoms with E-state index in [2.05, 4.69) is 10.3 Å². The van der Waals surface area contributed by atoms with E-state index in [1.807, 2.05) is 49.9 Å². The number of carbonyl (C=O) groups is 2. The lowest BCUT2D eigenvalue weighted by molar-refractivity contribution is -0.142. The summed E-state index contributed by atoms with van der Waals surface area (Å²) in [7, 11) is 0. The molecule has 2 N–H and O–H groups in total. The number of likely N-dealkylation sites (tertiary alicyclic amines) is 1. The molecule has 8 nitrogen and oxygen atoms in total. The van der Waals surface area contributed by atoms with Crippen molar-refractivity contribution in [1.82, 2.24) is 15.2 Å². The van der Waals surface area contributed by atoms with Gasteiger partial charge in [-0.3, -0.25) is 9.69 Å². The molecule has 1 aromatic heterocycles. The predicted molar refractivity (Wildman–Crippen MR) is 123 cm³/mol. The number of carboxylic acid groups (broad SMARTS) is 1. The van der Waals surface area contributed by atoms with Crippen molar-refractivity contribution in [3.8, 4) is 16.3 Å². The number of carbonyl (C=O) groups excluding carboxylic acids is 1. The number of hydrogen-bond acceptors (Lipinski definition) is 7. The van der Waals surface area contributed by atoms with E-state index in [1.165, 1.54) is 11.3 Å². The molecule has 2 aromatic rings. The number of nitrogens with zero attached hydrogens (tertiary/aromatic N) is 2. The van der Waals surface area contributed by atoms with Gasteiger partial charge in [-0.25, -0.2) is 9.78 Å². The maximum Gasteiger partial charge on any atom is 0.407 e. The molecule has 32 heavy (non-hydrogen) atoms. The number of thiazole rings is 1. The van der Waals surface area contributed by atoms with Crippen molar-refractivity contribution in [1.29, 1.82) is 0 Å². The molecule has 0 aliphatic carbocycles. The van der Waals surface area contributed by atoms with Crippen LogP contribution >= 0.6 is 11.3 Å². The number of nitrogens with one attached hydrogen (secondary N) is 1. The Morgan fingerprint density at radius 1 is 1.28 bits per heavy atom. The Bertz CT molecular complexity index is 907. The summed E-state index contributed by atoms with van der Waals surface area (Å²) in [6.07, 6.45) is 3.76. The van der Waals surface area contributed by atoms with Gasteiger partial charge in [0.2, 0.25) is 0 Å². The normalized spacial score (nSPS) is 16.7. The van der Waals surface area contributed by atoms with Crippen molar-refractivity contribution in [3.63, 3.8) is 0 Å². The lowest BCUT2D eigenvalue weighted by atomic mass is 10.2. The average molecular weight is 462 g/mol. The molecule has 0 unspecified atom stereocenters. The van der Waals surface area contributed by atoms with Crippen LogP contribution in [0.4, 0.5) is 4.79 Å². The maximum atomic E-state index is 11.8. The van der Waals surface area contributed by atoms with Gasteiger partial charge in [0, 0.05) is 23.2 Å². The van der Waals surface area contributed by atoms with Crippen molar-refractivity contribution in [2.75, 3.05) is 19.7 Å². The van der Waals surface area contributed by atoms with E-state index in [-0.39, 0.29) is 6.04 Å². The maximum absolute atomic E-state index is 11.8. The first-order valence-corrected chi connectivity index (χ1v) is 11.6. The second-order valence-corrected chi connectivity index (χ2v) is 9.86. The zero-order valence-electron chi connectivity index (χ0n) is 18.8. The number of aliphatic carboxylic acids is 1. The fourth-order valence-electron chi connectivity index (χ4n) is 3.52. The van der Waals surface area contributed by atoms with Crippen LogP contribution < -0.4 is 10.1 Å². The number of alkyl carbamates (subject to hydrolysis) is 1. The Kier molecular flexibility index (Phi) is 8.09. The van der Waals surface area contributed by atoms with Gasteiger partial charge in [0.25, 0.3) is 0 Å². The molecule has 1 atom stereocenters. The summed E-state index contributed by atoms with van der Waals surface area (Å²) in [5.74, 6) is 0.0401. The Morgan fingerprint density at radius 2 is 2.03 bits per heavy atom. The highest BCUT2D eigenvalue weighted by Crippen LogP contribution is 2.27. The van der Waals surface area contributed by atoms with E-state index < -0.39 is 17.7 Å². The lowest BCUT2D eigenvalue weighted by Gasteiger charge is -2.20. The fraction of sp³-hybridized carbons (Fsp3) is 0.522. The molecule has 3 rings (SSSR count). The van der Waals surface area contributed by atoms with Crippen LogP contribution in [-0.4, -0.2) is 58.4 Å². The van der Waals surface area contributed by atoms with Crippen LogP contribution in [0.15, 0.2) is 30.5 Å². The Labute approximate surface area is 192 Å². The molecule has 0 spiro atoms. The number of rotatable bonds is 9. The van der Waals surface area contributed by atoms with Crippen LogP contribution in [0, 0.1) is 0 Å². The SMILES string of the molecule is CC(C)(C)OC(=O)NCc1cnc(-c2ccc(OCCCN3CCC[C@H]3C(=O)O)cc2)s1. The number of carboxylic acids is 1. The molecule has 2 heterocycles. The zero-order chi connectivity index (χ0) is 23.1. The molecule has 0 saturated carbocycles. The number of ether oxygens (including phenoxy) is 2. The summed E-state index contributed by atoms with van der Waals surface area (Å²) >= 11 is 1.51. The molecule has 0 bridgehead atoms. The van der Waals surface area contributed by atoms with Gasteiger partial charge < -0.3 is 19.9 Å². The fourth-order valence-corrected chi connectivity index (χ4v) is 4.38. The van der Waals surface area contributed by atoms with E-state index >= 15 is 0 Å². The molecule has 0 radical (unpaired) electrons. The number of benzene rings is 1. The molecule has 1 amide bonds. The third-order valence-corrected chi connectivity index (χ3v) is 6.01. The van der Waals surface area contributed by atoms with Crippen LogP contribution in [0.3, 0.4) is 0 Å². The quantitative estimate of drug-likeness (QED) is 0.541. The van der Waals surface area contributed by atoms with Crippen molar-refractivity contribution in [3.05, 3.63) is 35.3 Å². The van der Waals surface area contributed by atoms with Crippen molar-refractivity contribution in [2.24, 2.45) is 0 Å². The van der Waals surface area contributed by atoms with Gasteiger partial charge in [0.15, 0.2) is 0 Å². The monoisotopic (exact) mass is 461 g/mol. The molecule has 1 aliphatic rings. The largest absolute Gasteiger partial charge is 0.494 e. The minimum absolute atomic E-state index is 0.350. The van der Waals surface area contributed by atoms with Crippen LogP contribution in [0.2, 0.25) is 0 Å². The zero-order valence-corrected chi connectivity index (χ0v) is 19.6. The molecule has 1 fully saturated rings. The van der Waals surface area contributed by atoms with Crippen molar-refractivity contribution in [2.45, 2.75) is 58.2 Å². The summed E-state index contributed by atoms with van der Waals surface area (Å²) in [5, 5.41) is 12.8. The van der Waals surface area contributed by atoms with E-state index in [1.54, 1.807) is 6.20 Å². The van der Waals surface area contributed by atoms with E-state index in [0.29, 0.717) is 13.2 Å². The summed E-state index contributed by atoms with van der Waals surface area (Å²) < 4.78 is 11.1. The average Bonchev–Trinajstić information content (AvgIpc) is 3.38. The van der Waals surface area contributed by atoms with Crippen LogP contribution in [0.5, 0.6) is 5.75 Å². The number of amides is 1. The molecule has 1 aromatic carbocycles. The predicted octanol–water partition coefficient (Wildman–Crippen LogP) is 4.15. The van der Waals surface area contributed by atoms with E-state index in [0.717, 1.165) is 53.5 Å². The van der Waals surface area contributed by atoms with Gasteiger partial charge >= 0.3 is 12.1 Å². The van der Waals surface area contributed by atoms with Gasteiger partial charge in [-0.15, -0.1) is 11.3 Å². The second kappa shape index (κ2) is 10.8. The molecule has 1 saturated heterocycles.